The lowest BCUT2D eigenvalue weighted by molar-refractivity contribution is -0.167. The maximum atomic E-state index is 12.7. The highest BCUT2D eigenvalue weighted by Gasteiger charge is 2.19. The fourth-order valence-electron chi connectivity index (χ4n) is 6.72. The number of rotatable bonds is 44. The Morgan fingerprint density at radius 3 is 1.08 bits per heavy atom. The molecular weight excluding hydrogens is 745 g/mol. The summed E-state index contributed by atoms with van der Waals surface area (Å²) in [4.78, 5) is 37.8. The van der Waals surface area contributed by atoms with Crippen LogP contribution in [0.15, 0.2) is 72.9 Å². The fraction of sp³-hybridized carbons (Fsp3) is 0.722. The van der Waals surface area contributed by atoms with Gasteiger partial charge in [-0.1, -0.05) is 184 Å². The molecule has 0 saturated heterocycles. The van der Waals surface area contributed by atoms with Crippen LogP contribution in [0.1, 0.15) is 233 Å². The van der Waals surface area contributed by atoms with E-state index in [-0.39, 0.29) is 31.1 Å². The summed E-state index contributed by atoms with van der Waals surface area (Å²) in [7, 11) is 0. The average molecular weight is 837 g/mol. The van der Waals surface area contributed by atoms with Crippen molar-refractivity contribution in [1.29, 1.82) is 0 Å². The average Bonchev–Trinajstić information content (AvgIpc) is 3.24. The third kappa shape index (κ3) is 45.9. The molecule has 0 aliphatic rings. The number of hydrogen-bond donors (Lipinski definition) is 0. The van der Waals surface area contributed by atoms with Gasteiger partial charge in [0.2, 0.25) is 0 Å². The minimum absolute atomic E-state index is 0.0948. The molecule has 1 unspecified atom stereocenters. The Labute approximate surface area is 370 Å². The summed E-state index contributed by atoms with van der Waals surface area (Å²) in [6.45, 7) is 6.35. The largest absolute Gasteiger partial charge is 0.462 e. The second kappa shape index (κ2) is 48.5. The van der Waals surface area contributed by atoms with E-state index in [2.05, 4.69) is 93.7 Å². The van der Waals surface area contributed by atoms with E-state index >= 15 is 0 Å². The maximum absolute atomic E-state index is 12.7. The zero-order valence-electron chi connectivity index (χ0n) is 39.2. The molecule has 0 aromatic rings. The van der Waals surface area contributed by atoms with Crippen LogP contribution in [-0.4, -0.2) is 37.2 Å². The van der Waals surface area contributed by atoms with Crippen molar-refractivity contribution in [2.75, 3.05) is 13.2 Å². The van der Waals surface area contributed by atoms with Crippen molar-refractivity contribution in [3.8, 4) is 0 Å². The predicted molar refractivity (Wildman–Crippen MR) is 256 cm³/mol. The van der Waals surface area contributed by atoms with Gasteiger partial charge in [-0.3, -0.25) is 14.4 Å². The quantitative estimate of drug-likeness (QED) is 0.0263. The van der Waals surface area contributed by atoms with Crippen molar-refractivity contribution in [1.82, 2.24) is 0 Å². The number of unbranched alkanes of at least 4 members (excludes halogenated alkanes) is 21. The van der Waals surface area contributed by atoms with Crippen LogP contribution in [0.3, 0.4) is 0 Å². The Morgan fingerprint density at radius 1 is 0.350 bits per heavy atom. The lowest BCUT2D eigenvalue weighted by atomic mass is 10.1. The molecule has 0 fully saturated rings. The standard InChI is InChI=1S/C54H92O6/c1-4-7-10-13-16-19-21-23-25-26-27-28-29-31-32-35-38-41-44-47-53(56)59-50-51(49-58-52(55)46-43-40-37-34-18-15-12-9-6-3)60-54(57)48-45-42-39-36-33-30-24-22-20-17-14-11-8-5-2/h7,9-10,12,16,18-19,23,25,30,33-34,51H,4-6,8,11,13-15,17,20-22,24,26-29,31-32,35-50H2,1-3H3/b10-7-,12-9-,19-16-,25-23-,33-30-,34-18-. The van der Waals surface area contributed by atoms with Crippen molar-refractivity contribution in [2.45, 2.75) is 239 Å². The molecule has 0 radical (unpaired) electrons. The van der Waals surface area contributed by atoms with Gasteiger partial charge >= 0.3 is 17.9 Å². The van der Waals surface area contributed by atoms with Gasteiger partial charge in [-0.2, -0.15) is 0 Å². The molecule has 6 nitrogen and oxygen atoms in total. The smallest absolute Gasteiger partial charge is 0.306 e. The van der Waals surface area contributed by atoms with E-state index < -0.39 is 6.10 Å². The third-order valence-corrected chi connectivity index (χ3v) is 10.4. The van der Waals surface area contributed by atoms with E-state index in [0.717, 1.165) is 103 Å². The molecule has 0 heterocycles. The van der Waals surface area contributed by atoms with Crippen LogP contribution < -0.4 is 0 Å². The number of esters is 3. The fourth-order valence-corrected chi connectivity index (χ4v) is 6.72. The van der Waals surface area contributed by atoms with Gasteiger partial charge in [-0.05, 0) is 103 Å². The van der Waals surface area contributed by atoms with Gasteiger partial charge in [-0.25, -0.2) is 0 Å². The molecule has 60 heavy (non-hydrogen) atoms. The first-order valence-corrected chi connectivity index (χ1v) is 24.9. The molecule has 0 rings (SSSR count). The molecule has 0 bridgehead atoms. The molecule has 0 saturated carbocycles. The topological polar surface area (TPSA) is 78.9 Å². The van der Waals surface area contributed by atoms with Crippen LogP contribution in [0.2, 0.25) is 0 Å². The molecule has 0 aromatic carbocycles. The second-order valence-electron chi connectivity index (χ2n) is 16.3. The van der Waals surface area contributed by atoms with E-state index in [1.807, 2.05) is 0 Å². The van der Waals surface area contributed by atoms with Crippen LogP contribution in [0.4, 0.5) is 0 Å². The number of hydrogen-bond acceptors (Lipinski definition) is 6. The highest BCUT2D eigenvalue weighted by atomic mass is 16.6. The van der Waals surface area contributed by atoms with Crippen molar-refractivity contribution in [3.05, 3.63) is 72.9 Å². The van der Waals surface area contributed by atoms with Gasteiger partial charge in [0.05, 0.1) is 0 Å². The van der Waals surface area contributed by atoms with Crippen molar-refractivity contribution in [3.63, 3.8) is 0 Å². The Hall–Kier alpha value is -3.15. The molecule has 0 aliphatic carbocycles. The summed E-state index contributed by atoms with van der Waals surface area (Å²) in [5, 5.41) is 0. The minimum atomic E-state index is -0.796. The number of carbonyl (C=O) groups is 3. The predicted octanol–water partition coefficient (Wildman–Crippen LogP) is 16.3. The molecule has 0 aliphatic heterocycles. The molecule has 344 valence electrons. The molecule has 0 spiro atoms. The maximum Gasteiger partial charge on any atom is 0.306 e. The molecule has 1 atom stereocenters. The molecular formula is C54H92O6. The summed E-state index contributed by atoms with van der Waals surface area (Å²) in [6, 6.07) is 0. The zero-order chi connectivity index (χ0) is 43.7. The van der Waals surface area contributed by atoms with Crippen LogP contribution in [0, 0.1) is 0 Å². The van der Waals surface area contributed by atoms with Gasteiger partial charge in [0.1, 0.15) is 13.2 Å². The first-order chi connectivity index (χ1) is 29.5. The normalized spacial score (nSPS) is 12.7. The SMILES string of the molecule is CC/C=C\C/C=C\C/C=C\CCCCCCCCCCCC(=O)OCC(COC(=O)CCCC/C=C\C/C=C\CC)OC(=O)CCCCC/C=C\CCCCCCCCC. The number of carbonyl (C=O) groups excluding carboxylic acids is 3. The van der Waals surface area contributed by atoms with Crippen LogP contribution >= 0.6 is 0 Å². The van der Waals surface area contributed by atoms with Crippen LogP contribution in [-0.2, 0) is 28.6 Å². The summed E-state index contributed by atoms with van der Waals surface area (Å²) >= 11 is 0. The zero-order valence-corrected chi connectivity index (χ0v) is 39.2. The van der Waals surface area contributed by atoms with Gasteiger partial charge in [0, 0.05) is 19.3 Å². The van der Waals surface area contributed by atoms with E-state index in [1.54, 1.807) is 0 Å². The summed E-state index contributed by atoms with van der Waals surface area (Å²) in [6.07, 6.45) is 60.4. The molecule has 6 heteroatoms. The molecule has 0 amide bonds. The van der Waals surface area contributed by atoms with Crippen LogP contribution in [0.5, 0.6) is 0 Å². The van der Waals surface area contributed by atoms with Gasteiger partial charge in [0.25, 0.3) is 0 Å². The Bertz CT molecular complexity index is 1140. The van der Waals surface area contributed by atoms with Crippen LogP contribution in [0.25, 0.3) is 0 Å². The van der Waals surface area contributed by atoms with Crippen molar-refractivity contribution >= 4 is 17.9 Å². The van der Waals surface area contributed by atoms with E-state index in [1.165, 1.54) is 89.9 Å². The third-order valence-electron chi connectivity index (χ3n) is 10.4. The van der Waals surface area contributed by atoms with Gasteiger partial charge in [0.15, 0.2) is 6.10 Å². The minimum Gasteiger partial charge on any atom is -0.462 e. The highest BCUT2D eigenvalue weighted by molar-refractivity contribution is 5.71. The Morgan fingerprint density at radius 2 is 0.650 bits per heavy atom. The van der Waals surface area contributed by atoms with Gasteiger partial charge < -0.3 is 14.2 Å². The van der Waals surface area contributed by atoms with Crippen molar-refractivity contribution < 1.29 is 28.6 Å². The summed E-state index contributed by atoms with van der Waals surface area (Å²) in [5.41, 5.74) is 0. The molecule has 0 N–H and O–H groups in total. The molecule has 0 aromatic heterocycles. The summed E-state index contributed by atoms with van der Waals surface area (Å²) < 4.78 is 16.7. The lowest BCUT2D eigenvalue weighted by Gasteiger charge is -2.18. The van der Waals surface area contributed by atoms with Crippen molar-refractivity contribution in [2.24, 2.45) is 0 Å². The first-order valence-electron chi connectivity index (χ1n) is 24.9. The van der Waals surface area contributed by atoms with E-state index in [9.17, 15) is 14.4 Å². The Kier molecular flexibility index (Phi) is 46.0. The van der Waals surface area contributed by atoms with Gasteiger partial charge in [-0.15, -0.1) is 0 Å². The second-order valence-corrected chi connectivity index (χ2v) is 16.3. The Balaban J connectivity index is 4.35. The number of ether oxygens (including phenoxy) is 3. The number of allylic oxidation sites excluding steroid dienone is 12. The highest BCUT2D eigenvalue weighted by Crippen LogP contribution is 2.14. The summed E-state index contributed by atoms with van der Waals surface area (Å²) in [5.74, 6) is -0.955. The lowest BCUT2D eigenvalue weighted by Crippen LogP contribution is -2.30. The monoisotopic (exact) mass is 837 g/mol. The first kappa shape index (κ1) is 56.9. The van der Waals surface area contributed by atoms with E-state index in [4.69, 9.17) is 14.2 Å². The van der Waals surface area contributed by atoms with E-state index in [0.29, 0.717) is 19.3 Å².